The fourth-order valence-electron chi connectivity index (χ4n) is 1.99. The van der Waals surface area contributed by atoms with E-state index < -0.39 is 0 Å². The van der Waals surface area contributed by atoms with Crippen molar-refractivity contribution in [3.63, 3.8) is 0 Å². The monoisotopic (exact) mass is 321 g/mol. The number of benzene rings is 1. The van der Waals surface area contributed by atoms with Crippen molar-refractivity contribution in [1.29, 1.82) is 5.41 Å². The minimum absolute atomic E-state index is 0.0514. The van der Waals surface area contributed by atoms with Gasteiger partial charge in [0.1, 0.15) is 11.6 Å². The average Bonchev–Trinajstić information content (AvgIpc) is 2.85. The average molecular weight is 321 g/mol. The van der Waals surface area contributed by atoms with Gasteiger partial charge in [0.25, 0.3) is 0 Å². The molecule has 1 aromatic carbocycles. The van der Waals surface area contributed by atoms with Crippen LogP contribution < -0.4 is 10.5 Å². The highest BCUT2D eigenvalue weighted by atomic mass is 32.2. The van der Waals surface area contributed by atoms with Crippen LogP contribution in [-0.4, -0.2) is 23.2 Å². The quantitative estimate of drug-likeness (QED) is 0.465. The Morgan fingerprint density at radius 3 is 2.90 bits per heavy atom. The van der Waals surface area contributed by atoms with Gasteiger partial charge in [-0.3, -0.25) is 5.41 Å². The van der Waals surface area contributed by atoms with Gasteiger partial charge in [0.15, 0.2) is 0 Å². The van der Waals surface area contributed by atoms with Crippen LogP contribution in [0.25, 0.3) is 0 Å². The summed E-state index contributed by atoms with van der Waals surface area (Å²) in [5, 5.41) is 7.78. The standard InChI is InChI=1S/C15H19N3OS2/c1-3-20-13-6-4-5-11(14(13)15(16)17)19-8-7-12-10(2)18-9-21-12/h4-6,9H,3,7-8H2,1-2H3,(H3,16,17). The molecule has 1 aromatic heterocycles. The number of ether oxygens (including phenoxy) is 1. The van der Waals surface area contributed by atoms with E-state index in [4.69, 9.17) is 15.9 Å². The Balaban J connectivity index is 2.10. The number of thiazole rings is 1. The lowest BCUT2D eigenvalue weighted by Crippen LogP contribution is -2.15. The molecule has 6 heteroatoms. The lowest BCUT2D eigenvalue weighted by atomic mass is 10.2. The first-order valence-electron chi connectivity index (χ1n) is 6.75. The molecule has 0 saturated heterocycles. The molecule has 3 N–H and O–H groups in total. The van der Waals surface area contributed by atoms with Crippen LogP contribution in [0.2, 0.25) is 0 Å². The normalized spacial score (nSPS) is 10.6. The third-order valence-electron chi connectivity index (χ3n) is 2.99. The molecule has 0 bridgehead atoms. The van der Waals surface area contributed by atoms with Gasteiger partial charge in [-0.05, 0) is 24.8 Å². The molecule has 2 aromatic rings. The molecular weight excluding hydrogens is 302 g/mol. The number of amidine groups is 1. The number of nitrogens with one attached hydrogen (secondary N) is 1. The van der Waals surface area contributed by atoms with Crippen LogP contribution in [0.5, 0.6) is 5.75 Å². The molecule has 0 unspecified atom stereocenters. The lowest BCUT2D eigenvalue weighted by molar-refractivity contribution is 0.321. The second kappa shape index (κ2) is 7.47. The summed E-state index contributed by atoms with van der Waals surface area (Å²) in [6, 6.07) is 5.79. The van der Waals surface area contributed by atoms with Gasteiger partial charge in [-0.2, -0.15) is 0 Å². The molecule has 0 amide bonds. The number of hydrogen-bond acceptors (Lipinski definition) is 5. The summed E-state index contributed by atoms with van der Waals surface area (Å²) in [5.74, 6) is 1.67. The predicted molar refractivity (Wildman–Crippen MR) is 89.9 cm³/mol. The van der Waals surface area contributed by atoms with E-state index in [9.17, 15) is 0 Å². The van der Waals surface area contributed by atoms with E-state index in [2.05, 4.69) is 11.9 Å². The minimum Gasteiger partial charge on any atom is -0.492 e. The largest absolute Gasteiger partial charge is 0.492 e. The van der Waals surface area contributed by atoms with Gasteiger partial charge in [-0.1, -0.05) is 13.0 Å². The molecule has 0 atom stereocenters. The van der Waals surface area contributed by atoms with Crippen molar-refractivity contribution in [3.8, 4) is 5.75 Å². The first-order chi connectivity index (χ1) is 10.1. The number of aryl methyl sites for hydroxylation is 1. The summed E-state index contributed by atoms with van der Waals surface area (Å²) >= 11 is 3.31. The Hall–Kier alpha value is -1.53. The summed E-state index contributed by atoms with van der Waals surface area (Å²) < 4.78 is 5.86. The zero-order valence-corrected chi connectivity index (χ0v) is 13.8. The second-order valence-electron chi connectivity index (χ2n) is 4.44. The Morgan fingerprint density at radius 1 is 1.48 bits per heavy atom. The number of thioether (sulfide) groups is 1. The Labute approximate surface area is 133 Å². The molecule has 0 aliphatic heterocycles. The number of aromatic nitrogens is 1. The maximum atomic E-state index is 7.78. The number of nitrogens with zero attached hydrogens (tertiary/aromatic N) is 1. The van der Waals surface area contributed by atoms with Gasteiger partial charge in [-0.15, -0.1) is 23.1 Å². The first kappa shape index (κ1) is 15.9. The van der Waals surface area contributed by atoms with Crippen molar-refractivity contribution in [2.24, 2.45) is 5.73 Å². The zero-order valence-electron chi connectivity index (χ0n) is 12.2. The van der Waals surface area contributed by atoms with Gasteiger partial charge in [0.2, 0.25) is 0 Å². The summed E-state index contributed by atoms with van der Waals surface area (Å²) in [6.07, 6.45) is 0.818. The zero-order chi connectivity index (χ0) is 15.2. The van der Waals surface area contributed by atoms with Crippen LogP contribution in [0.4, 0.5) is 0 Å². The van der Waals surface area contributed by atoms with E-state index in [1.54, 1.807) is 23.1 Å². The molecule has 2 rings (SSSR count). The second-order valence-corrected chi connectivity index (χ2v) is 6.68. The third-order valence-corrected chi connectivity index (χ3v) is 4.92. The summed E-state index contributed by atoms with van der Waals surface area (Å²) in [7, 11) is 0. The van der Waals surface area contributed by atoms with Crippen LogP contribution in [0.15, 0.2) is 28.6 Å². The molecule has 0 aliphatic carbocycles. The van der Waals surface area contributed by atoms with E-state index >= 15 is 0 Å². The summed E-state index contributed by atoms with van der Waals surface area (Å²) in [6.45, 7) is 4.64. The van der Waals surface area contributed by atoms with E-state index in [-0.39, 0.29) is 5.84 Å². The molecule has 0 spiro atoms. The number of nitrogens with two attached hydrogens (primary N) is 1. The van der Waals surface area contributed by atoms with Crippen LogP contribution in [-0.2, 0) is 6.42 Å². The van der Waals surface area contributed by atoms with Crippen molar-refractivity contribution in [2.45, 2.75) is 25.2 Å². The number of hydrogen-bond donors (Lipinski definition) is 2. The Morgan fingerprint density at radius 2 is 2.29 bits per heavy atom. The maximum Gasteiger partial charge on any atom is 0.131 e. The minimum atomic E-state index is 0.0514. The Kier molecular flexibility index (Phi) is 5.64. The summed E-state index contributed by atoms with van der Waals surface area (Å²) in [5.41, 5.74) is 9.33. The van der Waals surface area contributed by atoms with E-state index in [0.717, 1.165) is 22.8 Å². The van der Waals surface area contributed by atoms with Crippen LogP contribution >= 0.6 is 23.1 Å². The Bertz CT molecular complexity index is 625. The van der Waals surface area contributed by atoms with Crippen molar-refractivity contribution in [1.82, 2.24) is 4.98 Å². The molecule has 1 heterocycles. The number of nitrogen functional groups attached to an aromatic ring is 1. The first-order valence-corrected chi connectivity index (χ1v) is 8.62. The van der Waals surface area contributed by atoms with Crippen LogP contribution in [0.3, 0.4) is 0 Å². The fourth-order valence-corrected chi connectivity index (χ4v) is 3.60. The SMILES string of the molecule is CCSc1cccc(OCCc2scnc2C)c1C(=N)N. The highest BCUT2D eigenvalue weighted by Crippen LogP contribution is 2.30. The number of rotatable bonds is 7. The van der Waals surface area contributed by atoms with E-state index in [0.29, 0.717) is 17.9 Å². The van der Waals surface area contributed by atoms with Crippen LogP contribution in [0, 0.1) is 12.3 Å². The van der Waals surface area contributed by atoms with Crippen molar-refractivity contribution >= 4 is 28.9 Å². The molecule has 112 valence electrons. The van der Waals surface area contributed by atoms with Crippen molar-refractivity contribution in [3.05, 3.63) is 39.8 Å². The third kappa shape index (κ3) is 3.98. The van der Waals surface area contributed by atoms with Gasteiger partial charge in [0, 0.05) is 16.2 Å². The molecule has 21 heavy (non-hydrogen) atoms. The van der Waals surface area contributed by atoms with Crippen molar-refractivity contribution < 1.29 is 4.74 Å². The maximum absolute atomic E-state index is 7.78. The highest BCUT2D eigenvalue weighted by molar-refractivity contribution is 7.99. The highest BCUT2D eigenvalue weighted by Gasteiger charge is 2.13. The van der Waals surface area contributed by atoms with Gasteiger partial charge < -0.3 is 10.5 Å². The molecule has 0 saturated carbocycles. The molecule has 0 aliphatic rings. The fraction of sp³-hybridized carbons (Fsp3) is 0.333. The molecule has 0 fully saturated rings. The van der Waals surface area contributed by atoms with Crippen LogP contribution in [0.1, 0.15) is 23.1 Å². The van der Waals surface area contributed by atoms with Gasteiger partial charge in [0.05, 0.1) is 23.4 Å². The predicted octanol–water partition coefficient (Wildman–Crippen LogP) is 3.47. The summed E-state index contributed by atoms with van der Waals surface area (Å²) in [4.78, 5) is 6.46. The molecule has 4 nitrogen and oxygen atoms in total. The van der Waals surface area contributed by atoms with E-state index in [1.165, 1.54) is 4.88 Å². The molecule has 0 radical (unpaired) electrons. The topological polar surface area (TPSA) is 72.0 Å². The lowest BCUT2D eigenvalue weighted by Gasteiger charge is -2.14. The smallest absolute Gasteiger partial charge is 0.131 e. The molecular formula is C15H19N3OS2. The van der Waals surface area contributed by atoms with Gasteiger partial charge >= 0.3 is 0 Å². The van der Waals surface area contributed by atoms with Crippen molar-refractivity contribution in [2.75, 3.05) is 12.4 Å². The van der Waals surface area contributed by atoms with E-state index in [1.807, 2.05) is 30.6 Å². The van der Waals surface area contributed by atoms with Gasteiger partial charge in [-0.25, -0.2) is 4.98 Å².